The SMILES string of the molecule is COC(=O)C(C)CCP(=O)(O)O. The molecule has 6 heteroatoms. The zero-order chi connectivity index (χ0) is 9.78. The van der Waals surface area contributed by atoms with E-state index in [1.165, 1.54) is 7.11 Å². The van der Waals surface area contributed by atoms with Gasteiger partial charge in [-0.25, -0.2) is 0 Å². The van der Waals surface area contributed by atoms with Crippen molar-refractivity contribution in [2.24, 2.45) is 5.92 Å². The lowest BCUT2D eigenvalue weighted by Gasteiger charge is -2.08. The fraction of sp³-hybridized carbons (Fsp3) is 0.833. The van der Waals surface area contributed by atoms with E-state index in [-0.39, 0.29) is 12.6 Å². The lowest BCUT2D eigenvalue weighted by Crippen LogP contribution is -2.13. The van der Waals surface area contributed by atoms with Crippen LogP contribution in [0, 0.1) is 5.92 Å². The fourth-order valence-corrected chi connectivity index (χ4v) is 1.40. The summed E-state index contributed by atoms with van der Waals surface area (Å²) in [5, 5.41) is 0. The van der Waals surface area contributed by atoms with Crippen LogP contribution >= 0.6 is 7.60 Å². The zero-order valence-electron chi connectivity index (χ0n) is 7.06. The predicted octanol–water partition coefficient (Wildman–Crippen LogP) is 0.363. The van der Waals surface area contributed by atoms with Crippen LogP contribution in [0.3, 0.4) is 0 Å². The first-order valence-corrected chi connectivity index (χ1v) is 5.29. The smallest absolute Gasteiger partial charge is 0.325 e. The van der Waals surface area contributed by atoms with Crippen molar-refractivity contribution >= 4 is 13.6 Å². The topological polar surface area (TPSA) is 83.8 Å². The molecule has 1 unspecified atom stereocenters. The number of hydrogen-bond donors (Lipinski definition) is 2. The molecule has 0 amide bonds. The predicted molar refractivity (Wildman–Crippen MR) is 42.7 cm³/mol. The number of carbonyl (C=O) groups excluding carboxylic acids is 1. The second-order valence-electron chi connectivity index (χ2n) is 2.60. The Morgan fingerprint density at radius 2 is 2.08 bits per heavy atom. The van der Waals surface area contributed by atoms with Gasteiger partial charge in [-0.2, -0.15) is 0 Å². The Balaban J connectivity index is 3.79. The Hall–Kier alpha value is -0.380. The van der Waals surface area contributed by atoms with Gasteiger partial charge in [0, 0.05) is 0 Å². The van der Waals surface area contributed by atoms with Crippen molar-refractivity contribution in [3.05, 3.63) is 0 Å². The molecule has 0 saturated carbocycles. The lowest BCUT2D eigenvalue weighted by molar-refractivity contribution is -0.144. The summed E-state index contributed by atoms with van der Waals surface area (Å²) in [5.74, 6) is -0.897. The van der Waals surface area contributed by atoms with Crippen molar-refractivity contribution in [2.45, 2.75) is 13.3 Å². The van der Waals surface area contributed by atoms with Gasteiger partial charge in [-0.1, -0.05) is 6.92 Å². The third-order valence-electron chi connectivity index (χ3n) is 1.46. The van der Waals surface area contributed by atoms with Crippen LogP contribution in [-0.2, 0) is 14.1 Å². The van der Waals surface area contributed by atoms with Crippen LogP contribution in [0.1, 0.15) is 13.3 Å². The fourth-order valence-electron chi connectivity index (χ4n) is 0.681. The Labute approximate surface area is 70.9 Å². The highest BCUT2D eigenvalue weighted by Gasteiger charge is 2.19. The Morgan fingerprint density at radius 1 is 1.58 bits per heavy atom. The standard InChI is InChI=1S/C6H13O5P/c1-5(6(7)11-2)3-4-12(8,9)10/h5H,3-4H2,1-2H3,(H2,8,9,10). The molecule has 0 saturated heterocycles. The van der Waals surface area contributed by atoms with Crippen molar-refractivity contribution in [3.63, 3.8) is 0 Å². The molecule has 0 aliphatic rings. The molecule has 2 N–H and O–H groups in total. The van der Waals surface area contributed by atoms with E-state index in [1.54, 1.807) is 6.92 Å². The molecule has 0 heterocycles. The molecule has 5 nitrogen and oxygen atoms in total. The van der Waals surface area contributed by atoms with Gasteiger partial charge in [0.1, 0.15) is 0 Å². The molecule has 0 aromatic rings. The second kappa shape index (κ2) is 4.60. The first-order valence-electron chi connectivity index (χ1n) is 3.49. The van der Waals surface area contributed by atoms with Crippen molar-refractivity contribution in [1.82, 2.24) is 0 Å². The molecule has 0 aliphatic heterocycles. The minimum Gasteiger partial charge on any atom is -0.469 e. The van der Waals surface area contributed by atoms with Gasteiger partial charge < -0.3 is 14.5 Å². The molecule has 0 aromatic heterocycles. The molecule has 12 heavy (non-hydrogen) atoms. The van der Waals surface area contributed by atoms with Gasteiger partial charge in [0.15, 0.2) is 0 Å². The van der Waals surface area contributed by atoms with E-state index in [0.717, 1.165) is 0 Å². The number of rotatable bonds is 4. The van der Waals surface area contributed by atoms with Crippen molar-refractivity contribution in [2.75, 3.05) is 13.3 Å². The van der Waals surface area contributed by atoms with Gasteiger partial charge in [0.05, 0.1) is 19.2 Å². The van der Waals surface area contributed by atoms with Crippen LogP contribution in [0.4, 0.5) is 0 Å². The van der Waals surface area contributed by atoms with Crippen molar-refractivity contribution < 1.29 is 23.9 Å². The third kappa shape index (κ3) is 5.29. The van der Waals surface area contributed by atoms with E-state index in [4.69, 9.17) is 9.79 Å². The van der Waals surface area contributed by atoms with Crippen LogP contribution in [0.25, 0.3) is 0 Å². The minimum absolute atomic E-state index is 0.150. The van der Waals surface area contributed by atoms with E-state index >= 15 is 0 Å². The lowest BCUT2D eigenvalue weighted by atomic mass is 10.1. The summed E-state index contributed by atoms with van der Waals surface area (Å²) in [5.41, 5.74) is 0. The number of hydrogen-bond acceptors (Lipinski definition) is 3. The Kier molecular flexibility index (Phi) is 4.45. The van der Waals surface area contributed by atoms with Gasteiger partial charge in [-0.3, -0.25) is 9.36 Å². The maximum atomic E-state index is 10.8. The first-order chi connectivity index (χ1) is 5.37. The van der Waals surface area contributed by atoms with Crippen LogP contribution in [0.5, 0.6) is 0 Å². The summed E-state index contributed by atoms with van der Waals surface area (Å²) in [6.45, 7) is 1.57. The highest BCUT2D eigenvalue weighted by molar-refractivity contribution is 7.51. The molecule has 0 fully saturated rings. The minimum atomic E-state index is -3.98. The molecule has 72 valence electrons. The Morgan fingerprint density at radius 3 is 2.42 bits per heavy atom. The highest BCUT2D eigenvalue weighted by Crippen LogP contribution is 2.36. The molecule has 0 radical (unpaired) electrons. The summed E-state index contributed by atoms with van der Waals surface area (Å²) in [6.07, 6.45) is -0.125. The van der Waals surface area contributed by atoms with Crippen LogP contribution in [-0.4, -0.2) is 29.0 Å². The molecule has 1 atom stereocenters. The summed E-state index contributed by atoms with van der Waals surface area (Å²) < 4.78 is 14.8. The molecular weight excluding hydrogens is 183 g/mol. The van der Waals surface area contributed by atoms with E-state index in [9.17, 15) is 9.36 Å². The third-order valence-corrected chi connectivity index (χ3v) is 2.30. The maximum Gasteiger partial charge on any atom is 0.325 e. The number of methoxy groups -OCH3 is 1. The van der Waals surface area contributed by atoms with Gasteiger partial charge >= 0.3 is 13.6 Å². The maximum absolute atomic E-state index is 10.8. The summed E-state index contributed by atoms with van der Waals surface area (Å²) >= 11 is 0. The molecule has 0 aromatic carbocycles. The van der Waals surface area contributed by atoms with E-state index in [2.05, 4.69) is 4.74 Å². The largest absolute Gasteiger partial charge is 0.469 e. The van der Waals surface area contributed by atoms with E-state index in [1.807, 2.05) is 0 Å². The molecule has 0 rings (SSSR count). The second-order valence-corrected chi connectivity index (χ2v) is 4.38. The average Bonchev–Trinajstić information content (AvgIpc) is 1.97. The summed E-state index contributed by atoms with van der Waals surface area (Å²) in [6, 6.07) is 0. The zero-order valence-corrected chi connectivity index (χ0v) is 7.95. The van der Waals surface area contributed by atoms with Crippen molar-refractivity contribution in [1.29, 1.82) is 0 Å². The number of carbonyl (C=O) groups is 1. The number of ether oxygens (including phenoxy) is 1. The Bertz CT molecular complexity index is 196. The van der Waals surface area contributed by atoms with Crippen LogP contribution < -0.4 is 0 Å². The summed E-state index contributed by atoms with van der Waals surface area (Å²) in [4.78, 5) is 27.7. The van der Waals surface area contributed by atoms with Gasteiger partial charge in [-0.05, 0) is 6.42 Å². The molecule has 0 aliphatic carbocycles. The van der Waals surface area contributed by atoms with E-state index < -0.39 is 19.5 Å². The van der Waals surface area contributed by atoms with Crippen molar-refractivity contribution in [3.8, 4) is 0 Å². The molecule has 0 bridgehead atoms. The van der Waals surface area contributed by atoms with Gasteiger partial charge in [0.2, 0.25) is 0 Å². The normalized spacial score (nSPS) is 14.0. The van der Waals surface area contributed by atoms with Crippen LogP contribution in [0.15, 0.2) is 0 Å². The summed E-state index contributed by atoms with van der Waals surface area (Å²) in [7, 11) is -2.73. The highest BCUT2D eigenvalue weighted by atomic mass is 31.2. The van der Waals surface area contributed by atoms with Crippen LogP contribution in [0.2, 0.25) is 0 Å². The van der Waals surface area contributed by atoms with Gasteiger partial charge in [-0.15, -0.1) is 0 Å². The monoisotopic (exact) mass is 196 g/mol. The number of esters is 1. The average molecular weight is 196 g/mol. The molecule has 0 spiro atoms. The van der Waals surface area contributed by atoms with Gasteiger partial charge in [0.25, 0.3) is 0 Å². The first kappa shape index (κ1) is 11.6. The molecular formula is C6H13O5P. The quantitative estimate of drug-likeness (QED) is 0.501. The van der Waals surface area contributed by atoms with E-state index in [0.29, 0.717) is 0 Å².